The largest absolute Gasteiger partial charge is 0.396 e. The second-order valence-corrected chi connectivity index (χ2v) is 10.5. The molecular formula is C25H26FN3O4S. The average molecular weight is 484 g/mol. The molecule has 0 radical (unpaired) electrons. The molecule has 4 rings (SSSR count). The molecule has 0 aliphatic carbocycles. The molecule has 1 aromatic heterocycles. The van der Waals surface area contributed by atoms with Crippen molar-refractivity contribution in [1.29, 1.82) is 0 Å². The van der Waals surface area contributed by atoms with Crippen LogP contribution in [0.15, 0.2) is 54.6 Å². The van der Waals surface area contributed by atoms with E-state index in [-0.39, 0.29) is 37.0 Å². The van der Waals surface area contributed by atoms with Gasteiger partial charge in [-0.05, 0) is 35.7 Å². The van der Waals surface area contributed by atoms with Gasteiger partial charge in [0.1, 0.15) is 11.5 Å². The summed E-state index contributed by atoms with van der Waals surface area (Å²) in [6.45, 7) is -0.141. The monoisotopic (exact) mass is 483 g/mol. The van der Waals surface area contributed by atoms with Crippen LogP contribution in [-0.4, -0.2) is 60.6 Å². The Morgan fingerprint density at radius 1 is 1.15 bits per heavy atom. The van der Waals surface area contributed by atoms with E-state index >= 15 is 0 Å². The van der Waals surface area contributed by atoms with Crippen molar-refractivity contribution in [2.24, 2.45) is 0 Å². The first kappa shape index (κ1) is 24.0. The van der Waals surface area contributed by atoms with Crippen molar-refractivity contribution in [2.75, 3.05) is 27.0 Å². The third-order valence-electron chi connectivity index (χ3n) is 5.93. The lowest BCUT2D eigenvalue weighted by Crippen LogP contribution is -2.29. The van der Waals surface area contributed by atoms with E-state index in [0.717, 1.165) is 6.26 Å². The maximum Gasteiger partial charge on any atom is 0.271 e. The van der Waals surface area contributed by atoms with E-state index < -0.39 is 16.1 Å². The van der Waals surface area contributed by atoms with E-state index in [9.17, 15) is 22.7 Å². The van der Waals surface area contributed by atoms with Crippen LogP contribution in [0.5, 0.6) is 0 Å². The first-order chi connectivity index (χ1) is 16.1. The van der Waals surface area contributed by atoms with Crippen molar-refractivity contribution in [2.45, 2.75) is 19.0 Å². The Hall–Kier alpha value is -3.14. The molecule has 178 valence electrons. The number of carbonyl (C=O) groups is 1. The van der Waals surface area contributed by atoms with Crippen LogP contribution in [0.2, 0.25) is 0 Å². The van der Waals surface area contributed by atoms with E-state index in [2.05, 4.69) is 4.98 Å². The lowest BCUT2D eigenvalue weighted by molar-refractivity contribution is 0.0822. The molecule has 0 unspecified atom stereocenters. The van der Waals surface area contributed by atoms with Crippen molar-refractivity contribution in [3.63, 3.8) is 0 Å². The number of carbonyl (C=O) groups excluding carboxylic acids is 1. The lowest BCUT2D eigenvalue weighted by atomic mass is 9.94. The third-order valence-corrected chi connectivity index (χ3v) is 7.16. The van der Waals surface area contributed by atoms with Gasteiger partial charge in [0.05, 0.1) is 18.0 Å². The van der Waals surface area contributed by atoms with Gasteiger partial charge in [0.25, 0.3) is 5.91 Å². The van der Waals surface area contributed by atoms with Gasteiger partial charge in [-0.1, -0.05) is 36.4 Å². The molecule has 2 heterocycles. The number of hydrogen-bond acceptors (Lipinski definition) is 5. The minimum Gasteiger partial charge on any atom is -0.396 e. The summed E-state index contributed by atoms with van der Waals surface area (Å²) < 4.78 is 40.9. The minimum atomic E-state index is -3.60. The number of amides is 1. The van der Waals surface area contributed by atoms with Gasteiger partial charge in [0.2, 0.25) is 10.0 Å². The number of aliphatic hydroxyl groups is 1. The molecule has 3 aromatic rings. The highest BCUT2D eigenvalue weighted by atomic mass is 32.2. The Morgan fingerprint density at radius 3 is 2.50 bits per heavy atom. The SMILES string of the molecule is CN(C)C(=O)c1cc2c(c(-c3cccc(-c4ccccc4F)c3)n1)[C@@H](CCO)N(S(C)(=O)=O)C2. The van der Waals surface area contributed by atoms with Gasteiger partial charge in [-0.3, -0.25) is 4.79 Å². The Kier molecular flexibility index (Phi) is 6.53. The number of pyridine rings is 1. The number of rotatable bonds is 6. The lowest BCUT2D eigenvalue weighted by Gasteiger charge is -2.23. The van der Waals surface area contributed by atoms with Gasteiger partial charge in [0, 0.05) is 43.9 Å². The molecule has 1 aliphatic rings. The van der Waals surface area contributed by atoms with Crippen LogP contribution in [0, 0.1) is 5.82 Å². The number of fused-ring (bicyclic) bond motifs is 1. The summed E-state index contributed by atoms with van der Waals surface area (Å²) in [6, 6.07) is 14.6. The summed E-state index contributed by atoms with van der Waals surface area (Å²) in [6.07, 6.45) is 1.31. The first-order valence-corrected chi connectivity index (χ1v) is 12.6. The molecule has 0 fully saturated rings. The van der Waals surface area contributed by atoms with Crippen molar-refractivity contribution < 1.29 is 22.7 Å². The van der Waals surface area contributed by atoms with Crippen LogP contribution in [0.1, 0.15) is 34.1 Å². The van der Waals surface area contributed by atoms with Crippen LogP contribution in [0.4, 0.5) is 4.39 Å². The normalized spacial score (nSPS) is 15.9. The fourth-order valence-electron chi connectivity index (χ4n) is 4.38. The predicted octanol–water partition coefficient (Wildman–Crippen LogP) is 3.46. The predicted molar refractivity (Wildman–Crippen MR) is 128 cm³/mol. The number of benzene rings is 2. The van der Waals surface area contributed by atoms with Crippen LogP contribution >= 0.6 is 0 Å². The zero-order valence-corrected chi connectivity index (χ0v) is 20.0. The molecule has 7 nitrogen and oxygen atoms in total. The molecule has 0 saturated carbocycles. The molecule has 1 amide bonds. The van der Waals surface area contributed by atoms with Crippen molar-refractivity contribution in [1.82, 2.24) is 14.2 Å². The van der Waals surface area contributed by atoms with Crippen molar-refractivity contribution in [3.05, 3.63) is 77.2 Å². The van der Waals surface area contributed by atoms with Gasteiger partial charge in [-0.15, -0.1) is 0 Å². The smallest absolute Gasteiger partial charge is 0.271 e. The average Bonchev–Trinajstić information content (AvgIpc) is 3.17. The molecule has 1 N–H and O–H groups in total. The van der Waals surface area contributed by atoms with Crippen molar-refractivity contribution >= 4 is 15.9 Å². The number of halogens is 1. The summed E-state index contributed by atoms with van der Waals surface area (Å²) >= 11 is 0. The molecular weight excluding hydrogens is 457 g/mol. The fourth-order valence-corrected chi connectivity index (χ4v) is 5.43. The molecule has 2 aromatic carbocycles. The zero-order valence-electron chi connectivity index (χ0n) is 19.2. The summed E-state index contributed by atoms with van der Waals surface area (Å²) in [7, 11) is -0.361. The second-order valence-electron chi connectivity index (χ2n) is 8.53. The number of aromatic nitrogens is 1. The van der Waals surface area contributed by atoms with E-state index in [4.69, 9.17) is 0 Å². The van der Waals surface area contributed by atoms with Gasteiger partial charge >= 0.3 is 0 Å². The molecule has 9 heteroatoms. The Balaban J connectivity index is 1.95. The zero-order chi connectivity index (χ0) is 24.6. The van der Waals surface area contributed by atoms with Crippen LogP contribution < -0.4 is 0 Å². The highest BCUT2D eigenvalue weighted by Gasteiger charge is 2.39. The summed E-state index contributed by atoms with van der Waals surface area (Å²) in [5, 5.41) is 9.69. The number of nitrogens with zero attached hydrogens (tertiary/aromatic N) is 3. The highest BCUT2D eigenvalue weighted by Crippen LogP contribution is 2.43. The minimum absolute atomic E-state index is 0.0784. The summed E-state index contributed by atoms with van der Waals surface area (Å²) in [4.78, 5) is 18.8. The maximum absolute atomic E-state index is 14.5. The van der Waals surface area contributed by atoms with Crippen LogP contribution in [-0.2, 0) is 16.6 Å². The van der Waals surface area contributed by atoms with Crippen LogP contribution in [0.25, 0.3) is 22.4 Å². The van der Waals surface area contributed by atoms with E-state index in [1.807, 2.05) is 0 Å². The fraction of sp³-hybridized carbons (Fsp3) is 0.280. The first-order valence-electron chi connectivity index (χ1n) is 10.8. The van der Waals surface area contributed by atoms with E-state index in [1.165, 1.54) is 15.3 Å². The summed E-state index contributed by atoms with van der Waals surface area (Å²) in [5.41, 5.74) is 3.64. The molecule has 1 aliphatic heterocycles. The van der Waals surface area contributed by atoms with E-state index in [0.29, 0.717) is 33.5 Å². The molecule has 0 bridgehead atoms. The molecule has 1 atom stereocenters. The van der Waals surface area contributed by atoms with Gasteiger partial charge in [-0.2, -0.15) is 4.31 Å². The number of sulfonamides is 1. The maximum atomic E-state index is 14.5. The Labute approximate surface area is 198 Å². The highest BCUT2D eigenvalue weighted by molar-refractivity contribution is 7.88. The molecule has 34 heavy (non-hydrogen) atoms. The van der Waals surface area contributed by atoms with Gasteiger partial charge in [0.15, 0.2) is 0 Å². The summed E-state index contributed by atoms with van der Waals surface area (Å²) in [5.74, 6) is -0.679. The Morgan fingerprint density at radius 2 is 1.85 bits per heavy atom. The quantitative estimate of drug-likeness (QED) is 0.580. The standard InChI is InChI=1S/C25H26FN3O4S/c1-28(2)25(31)21-14-18-15-29(34(3,32)33)22(11-12-30)23(18)24(27-21)17-8-6-7-16(13-17)19-9-4-5-10-20(19)26/h4-10,13-14,22,30H,11-12,15H2,1-3H3/t22-/m1/s1. The molecule has 0 spiro atoms. The topological polar surface area (TPSA) is 90.8 Å². The van der Waals surface area contributed by atoms with Gasteiger partial charge in [-0.25, -0.2) is 17.8 Å². The Bertz CT molecular complexity index is 1360. The van der Waals surface area contributed by atoms with Gasteiger partial charge < -0.3 is 10.0 Å². The number of aliphatic hydroxyl groups excluding tert-OH is 1. The van der Waals surface area contributed by atoms with Crippen molar-refractivity contribution in [3.8, 4) is 22.4 Å². The molecule has 0 saturated heterocycles. The second kappa shape index (κ2) is 9.25. The van der Waals surface area contributed by atoms with E-state index in [1.54, 1.807) is 62.6 Å². The van der Waals surface area contributed by atoms with Crippen LogP contribution in [0.3, 0.4) is 0 Å². The number of hydrogen-bond donors (Lipinski definition) is 1. The third kappa shape index (κ3) is 4.46.